The minimum Gasteiger partial charge on any atom is -0.478 e. The summed E-state index contributed by atoms with van der Waals surface area (Å²) in [4.78, 5) is 10.6. The molecule has 4 heteroatoms. The van der Waals surface area contributed by atoms with E-state index in [0.29, 0.717) is 11.1 Å². The standard InChI is InChI=1S/C12H24O3Si/c1-4-7-11(16-15-5-2)9-6-8-10(3)12(13)14/h8,11H,4-7,9,16H2,1-3H3,(H,13,14)/b10-8+. The molecule has 0 aromatic rings. The van der Waals surface area contributed by atoms with Crippen molar-refractivity contribution in [1.29, 1.82) is 0 Å². The molecule has 0 saturated carbocycles. The van der Waals surface area contributed by atoms with E-state index in [-0.39, 0.29) is 0 Å². The number of carboxylic acid groups (broad SMARTS) is 1. The zero-order valence-corrected chi connectivity index (χ0v) is 12.1. The lowest BCUT2D eigenvalue weighted by atomic mass is 10.1. The van der Waals surface area contributed by atoms with Crippen LogP contribution in [0.15, 0.2) is 11.6 Å². The fraction of sp³-hybridized carbons (Fsp3) is 0.750. The van der Waals surface area contributed by atoms with Gasteiger partial charge < -0.3 is 9.53 Å². The van der Waals surface area contributed by atoms with Crippen LogP contribution in [0.25, 0.3) is 0 Å². The van der Waals surface area contributed by atoms with Crippen molar-refractivity contribution < 1.29 is 14.3 Å². The zero-order valence-electron chi connectivity index (χ0n) is 10.7. The van der Waals surface area contributed by atoms with E-state index in [4.69, 9.17) is 9.53 Å². The van der Waals surface area contributed by atoms with Crippen molar-refractivity contribution in [3.8, 4) is 0 Å². The van der Waals surface area contributed by atoms with Crippen molar-refractivity contribution in [3.63, 3.8) is 0 Å². The Morgan fingerprint density at radius 1 is 1.44 bits per heavy atom. The first-order valence-corrected chi connectivity index (χ1v) is 7.48. The van der Waals surface area contributed by atoms with Gasteiger partial charge >= 0.3 is 5.97 Å². The van der Waals surface area contributed by atoms with Gasteiger partial charge in [0.05, 0.1) is 0 Å². The van der Waals surface area contributed by atoms with Crippen LogP contribution in [-0.4, -0.2) is 27.4 Å². The lowest BCUT2D eigenvalue weighted by Gasteiger charge is -2.13. The maximum absolute atomic E-state index is 10.6. The SMILES string of the molecule is CCCC(CC/C=C(\C)C(=O)O)[SiH2]OCC. The summed E-state index contributed by atoms with van der Waals surface area (Å²) in [6.07, 6.45) is 6.16. The van der Waals surface area contributed by atoms with Crippen LogP contribution >= 0.6 is 0 Å². The van der Waals surface area contributed by atoms with Crippen LogP contribution in [0, 0.1) is 0 Å². The Kier molecular flexibility index (Phi) is 9.23. The van der Waals surface area contributed by atoms with Crippen LogP contribution in [0.4, 0.5) is 0 Å². The number of carboxylic acids is 1. The summed E-state index contributed by atoms with van der Waals surface area (Å²) in [6, 6.07) is 0. The Morgan fingerprint density at radius 2 is 2.12 bits per heavy atom. The van der Waals surface area contributed by atoms with Gasteiger partial charge in [-0.3, -0.25) is 0 Å². The van der Waals surface area contributed by atoms with Gasteiger partial charge in [-0.05, 0) is 32.2 Å². The third-order valence-corrected chi connectivity index (χ3v) is 4.55. The Labute approximate surface area is 101 Å². The summed E-state index contributed by atoms with van der Waals surface area (Å²) in [7, 11) is -0.427. The third kappa shape index (κ3) is 7.65. The fourth-order valence-corrected chi connectivity index (χ4v) is 3.17. The molecule has 3 nitrogen and oxygen atoms in total. The fourth-order valence-electron chi connectivity index (χ4n) is 1.63. The second-order valence-corrected chi connectivity index (χ2v) is 5.98. The Balaban J connectivity index is 3.91. The first-order valence-electron chi connectivity index (χ1n) is 6.09. The van der Waals surface area contributed by atoms with Crippen molar-refractivity contribution in [2.45, 2.75) is 52.0 Å². The molecule has 1 atom stereocenters. The largest absolute Gasteiger partial charge is 0.478 e. The molecule has 0 radical (unpaired) electrons. The van der Waals surface area contributed by atoms with Gasteiger partial charge in [-0.25, -0.2) is 4.79 Å². The van der Waals surface area contributed by atoms with Crippen LogP contribution in [0.3, 0.4) is 0 Å². The first kappa shape index (κ1) is 15.4. The van der Waals surface area contributed by atoms with E-state index in [9.17, 15) is 4.79 Å². The van der Waals surface area contributed by atoms with Crippen LogP contribution < -0.4 is 0 Å². The second kappa shape index (κ2) is 9.60. The van der Waals surface area contributed by atoms with Crippen LogP contribution in [0.1, 0.15) is 46.5 Å². The highest BCUT2D eigenvalue weighted by molar-refractivity contribution is 6.29. The molecule has 0 bridgehead atoms. The molecule has 0 aromatic carbocycles. The number of rotatable bonds is 9. The van der Waals surface area contributed by atoms with E-state index in [2.05, 4.69) is 6.92 Å². The predicted molar refractivity (Wildman–Crippen MR) is 69.5 cm³/mol. The molecule has 1 unspecified atom stereocenters. The summed E-state index contributed by atoms with van der Waals surface area (Å²) in [6.45, 7) is 6.68. The van der Waals surface area contributed by atoms with E-state index >= 15 is 0 Å². The number of carbonyl (C=O) groups is 1. The minimum atomic E-state index is -0.811. The van der Waals surface area contributed by atoms with Crippen LogP contribution in [-0.2, 0) is 9.22 Å². The van der Waals surface area contributed by atoms with Crippen LogP contribution in [0.2, 0.25) is 5.54 Å². The maximum atomic E-state index is 10.6. The van der Waals surface area contributed by atoms with Gasteiger partial charge in [-0.15, -0.1) is 0 Å². The highest BCUT2D eigenvalue weighted by Gasteiger charge is 2.08. The van der Waals surface area contributed by atoms with Crippen molar-refractivity contribution in [3.05, 3.63) is 11.6 Å². The summed E-state index contributed by atoms with van der Waals surface area (Å²) < 4.78 is 5.56. The average molecular weight is 244 g/mol. The summed E-state index contributed by atoms with van der Waals surface area (Å²) in [5.41, 5.74) is 1.15. The van der Waals surface area contributed by atoms with Gasteiger partial charge in [0, 0.05) is 12.2 Å². The molecule has 0 heterocycles. The second-order valence-electron chi connectivity index (χ2n) is 4.08. The predicted octanol–water partition coefficient (Wildman–Crippen LogP) is 2.51. The molecule has 0 rings (SSSR count). The van der Waals surface area contributed by atoms with E-state index in [0.717, 1.165) is 19.4 Å². The summed E-state index contributed by atoms with van der Waals surface area (Å²) >= 11 is 0. The maximum Gasteiger partial charge on any atom is 0.330 e. The Morgan fingerprint density at radius 3 is 2.62 bits per heavy atom. The van der Waals surface area contributed by atoms with E-state index in [1.54, 1.807) is 6.92 Å². The quantitative estimate of drug-likeness (QED) is 0.501. The van der Waals surface area contributed by atoms with Crippen molar-refractivity contribution in [2.75, 3.05) is 6.61 Å². The third-order valence-electron chi connectivity index (χ3n) is 2.62. The lowest BCUT2D eigenvalue weighted by molar-refractivity contribution is -0.132. The lowest BCUT2D eigenvalue weighted by Crippen LogP contribution is -2.08. The molecule has 0 aliphatic heterocycles. The van der Waals surface area contributed by atoms with Crippen molar-refractivity contribution in [2.24, 2.45) is 0 Å². The summed E-state index contributed by atoms with van der Waals surface area (Å²) in [5.74, 6) is -0.811. The number of allylic oxidation sites excluding steroid dienone is 1. The Hall–Kier alpha value is -0.613. The van der Waals surface area contributed by atoms with Gasteiger partial charge in [0.15, 0.2) is 9.76 Å². The molecule has 1 N–H and O–H groups in total. The van der Waals surface area contributed by atoms with E-state index in [1.807, 2.05) is 13.0 Å². The molecule has 94 valence electrons. The Bertz CT molecular complexity index is 226. The number of hydrogen-bond acceptors (Lipinski definition) is 2. The van der Waals surface area contributed by atoms with Crippen molar-refractivity contribution >= 4 is 15.7 Å². The molecular weight excluding hydrogens is 220 g/mol. The molecule has 16 heavy (non-hydrogen) atoms. The monoisotopic (exact) mass is 244 g/mol. The average Bonchev–Trinajstić information content (AvgIpc) is 2.25. The number of aliphatic carboxylic acids is 1. The van der Waals surface area contributed by atoms with E-state index < -0.39 is 15.7 Å². The molecule has 0 aliphatic carbocycles. The first-order chi connectivity index (χ1) is 7.61. The van der Waals surface area contributed by atoms with Gasteiger partial charge in [0.25, 0.3) is 0 Å². The minimum absolute atomic E-state index is 0.427. The molecular formula is C12H24O3Si. The number of hydrogen-bond donors (Lipinski definition) is 1. The smallest absolute Gasteiger partial charge is 0.330 e. The highest BCUT2D eigenvalue weighted by Crippen LogP contribution is 2.19. The van der Waals surface area contributed by atoms with Crippen LogP contribution in [0.5, 0.6) is 0 Å². The topological polar surface area (TPSA) is 46.5 Å². The zero-order chi connectivity index (χ0) is 12.4. The highest BCUT2D eigenvalue weighted by atomic mass is 28.2. The van der Waals surface area contributed by atoms with Crippen molar-refractivity contribution in [1.82, 2.24) is 0 Å². The van der Waals surface area contributed by atoms with E-state index in [1.165, 1.54) is 12.8 Å². The van der Waals surface area contributed by atoms with Gasteiger partial charge in [-0.2, -0.15) is 0 Å². The summed E-state index contributed by atoms with van der Waals surface area (Å²) in [5, 5.41) is 8.71. The normalized spacial score (nSPS) is 14.6. The van der Waals surface area contributed by atoms with Gasteiger partial charge in [-0.1, -0.05) is 25.8 Å². The molecule has 0 saturated heterocycles. The molecule has 0 aromatic heterocycles. The van der Waals surface area contributed by atoms with Gasteiger partial charge in [0.1, 0.15) is 0 Å². The molecule has 0 aliphatic rings. The molecule has 0 spiro atoms. The molecule has 0 amide bonds. The molecule has 0 fully saturated rings. The van der Waals surface area contributed by atoms with Gasteiger partial charge in [0.2, 0.25) is 0 Å².